The van der Waals surface area contributed by atoms with Gasteiger partial charge in [-0.1, -0.05) is 52.3 Å². The van der Waals surface area contributed by atoms with Crippen LogP contribution in [0.4, 0.5) is 0 Å². The second kappa shape index (κ2) is 11.7. The summed E-state index contributed by atoms with van der Waals surface area (Å²) in [7, 11) is 0.437. The molecule has 2 aromatic rings. The smallest absolute Gasteiger partial charge is 0.193 e. The van der Waals surface area contributed by atoms with Crippen LogP contribution in [-0.4, -0.2) is 45.7 Å². The van der Waals surface area contributed by atoms with E-state index in [2.05, 4.69) is 32.3 Å². The second-order valence-corrected chi connectivity index (χ2v) is 8.87. The molecular formula is C19H25BrIN3O2S. The number of hydrogen-bond donors (Lipinski definition) is 1. The number of nitrogens with zero attached hydrogens (tertiary/aromatic N) is 2. The maximum atomic E-state index is 12.3. The van der Waals surface area contributed by atoms with Gasteiger partial charge in [-0.3, -0.25) is 4.99 Å². The highest BCUT2D eigenvalue weighted by molar-refractivity contribution is 14.0. The molecule has 0 aromatic heterocycles. The van der Waals surface area contributed by atoms with E-state index in [9.17, 15) is 8.42 Å². The van der Waals surface area contributed by atoms with Crippen molar-refractivity contribution in [3.63, 3.8) is 0 Å². The molecule has 0 saturated heterocycles. The molecule has 0 saturated carbocycles. The van der Waals surface area contributed by atoms with Gasteiger partial charge in [-0.15, -0.1) is 24.0 Å². The van der Waals surface area contributed by atoms with Gasteiger partial charge in [0.25, 0.3) is 0 Å². The van der Waals surface area contributed by atoms with Crippen molar-refractivity contribution < 1.29 is 8.42 Å². The molecule has 0 bridgehead atoms. The van der Waals surface area contributed by atoms with Gasteiger partial charge >= 0.3 is 0 Å². The summed E-state index contributed by atoms with van der Waals surface area (Å²) in [6, 6.07) is 16.6. The van der Waals surface area contributed by atoms with Crippen LogP contribution in [0.2, 0.25) is 0 Å². The summed E-state index contributed by atoms with van der Waals surface area (Å²) >= 11 is 3.55. The highest BCUT2D eigenvalue weighted by atomic mass is 127. The number of hydrogen-bond acceptors (Lipinski definition) is 3. The molecule has 2 rings (SSSR count). The van der Waals surface area contributed by atoms with E-state index in [1.54, 1.807) is 31.3 Å². The molecule has 0 heterocycles. The summed E-state index contributed by atoms with van der Waals surface area (Å²) in [4.78, 5) is 6.65. The summed E-state index contributed by atoms with van der Waals surface area (Å²) in [6.07, 6.45) is 0.513. The van der Waals surface area contributed by atoms with Gasteiger partial charge in [-0.25, -0.2) is 8.42 Å². The molecule has 148 valence electrons. The molecule has 2 aromatic carbocycles. The van der Waals surface area contributed by atoms with Crippen LogP contribution >= 0.6 is 39.9 Å². The first kappa shape index (κ1) is 23.9. The topological polar surface area (TPSA) is 61.8 Å². The maximum absolute atomic E-state index is 12.3. The van der Waals surface area contributed by atoms with E-state index < -0.39 is 9.84 Å². The molecule has 1 N–H and O–H groups in total. The van der Waals surface area contributed by atoms with E-state index in [1.807, 2.05) is 36.2 Å². The zero-order valence-corrected chi connectivity index (χ0v) is 20.2. The normalized spacial score (nSPS) is 11.6. The summed E-state index contributed by atoms with van der Waals surface area (Å²) in [5, 5.41) is 3.23. The predicted octanol–water partition coefficient (Wildman–Crippen LogP) is 3.94. The fourth-order valence-corrected chi connectivity index (χ4v) is 4.29. The third kappa shape index (κ3) is 7.42. The lowest BCUT2D eigenvalue weighted by atomic mass is 10.2. The van der Waals surface area contributed by atoms with Gasteiger partial charge in [0, 0.05) is 31.7 Å². The average Bonchev–Trinajstić information content (AvgIpc) is 2.64. The highest BCUT2D eigenvalue weighted by Gasteiger charge is 2.14. The molecule has 0 unspecified atom stereocenters. The van der Waals surface area contributed by atoms with Crippen molar-refractivity contribution in [2.75, 3.05) is 26.4 Å². The highest BCUT2D eigenvalue weighted by Crippen LogP contribution is 2.17. The molecular weight excluding hydrogens is 541 g/mol. The quantitative estimate of drug-likeness (QED) is 0.239. The Balaban J connectivity index is 0.00000364. The van der Waals surface area contributed by atoms with Crippen LogP contribution in [0.15, 0.2) is 69.0 Å². The number of guanidine groups is 1. The lowest BCUT2D eigenvalue weighted by Crippen LogP contribution is -2.39. The summed E-state index contributed by atoms with van der Waals surface area (Å²) in [5.41, 5.74) is 1.16. The van der Waals surface area contributed by atoms with Gasteiger partial charge in [-0.2, -0.15) is 0 Å². The average molecular weight is 566 g/mol. The second-order valence-electron chi connectivity index (χ2n) is 5.91. The van der Waals surface area contributed by atoms with E-state index >= 15 is 0 Å². The fraction of sp³-hybridized carbons (Fsp3) is 0.316. The summed E-state index contributed by atoms with van der Waals surface area (Å²) in [5.74, 6) is 0.840. The third-order valence-electron chi connectivity index (χ3n) is 3.91. The minimum atomic E-state index is -3.24. The number of rotatable bonds is 7. The Morgan fingerprint density at radius 1 is 1.11 bits per heavy atom. The molecule has 0 spiro atoms. The Bertz CT molecular complexity index is 845. The molecule has 0 aliphatic rings. The Labute approximate surface area is 187 Å². The molecule has 5 nitrogen and oxygen atoms in total. The molecule has 8 heteroatoms. The van der Waals surface area contributed by atoms with E-state index in [0.29, 0.717) is 24.4 Å². The van der Waals surface area contributed by atoms with Gasteiger partial charge in [-0.05, 0) is 30.2 Å². The molecule has 27 heavy (non-hydrogen) atoms. The van der Waals surface area contributed by atoms with Gasteiger partial charge in [0.2, 0.25) is 0 Å². The number of nitrogens with one attached hydrogen (secondary N) is 1. The first-order valence-corrected chi connectivity index (χ1v) is 10.8. The van der Waals surface area contributed by atoms with Gasteiger partial charge in [0.15, 0.2) is 15.8 Å². The van der Waals surface area contributed by atoms with Gasteiger partial charge in [0.1, 0.15) is 0 Å². The zero-order chi connectivity index (χ0) is 19.0. The predicted molar refractivity (Wildman–Crippen MR) is 125 cm³/mol. The van der Waals surface area contributed by atoms with Gasteiger partial charge < -0.3 is 10.2 Å². The maximum Gasteiger partial charge on any atom is 0.193 e. The monoisotopic (exact) mass is 565 g/mol. The van der Waals surface area contributed by atoms with Crippen LogP contribution in [-0.2, 0) is 16.4 Å². The van der Waals surface area contributed by atoms with E-state index in [1.165, 1.54) is 0 Å². The van der Waals surface area contributed by atoms with E-state index in [0.717, 1.165) is 16.0 Å². The number of sulfone groups is 1. The lowest BCUT2D eigenvalue weighted by molar-refractivity contribution is 0.475. The Kier molecular flexibility index (Phi) is 10.3. The molecule has 0 aliphatic carbocycles. The Hall–Kier alpha value is -1.13. The molecule has 0 fully saturated rings. The summed E-state index contributed by atoms with van der Waals surface area (Å²) < 4.78 is 25.6. The lowest BCUT2D eigenvalue weighted by Gasteiger charge is -2.22. The van der Waals surface area contributed by atoms with Crippen LogP contribution in [0.25, 0.3) is 0 Å². The minimum Gasteiger partial charge on any atom is -0.356 e. The fourth-order valence-electron chi connectivity index (χ4n) is 2.55. The van der Waals surface area contributed by atoms with Crippen LogP contribution in [0, 0.1) is 0 Å². The van der Waals surface area contributed by atoms with Gasteiger partial charge in [0.05, 0.1) is 10.6 Å². The van der Waals surface area contributed by atoms with Crippen molar-refractivity contribution in [1.82, 2.24) is 10.2 Å². The standard InChI is InChI=1S/C19H24BrN3O2S.HI/c1-21-19(23(2)15-16-9-6-7-12-18(16)20)22-13-8-14-26(24,25)17-10-4-3-5-11-17;/h3-7,9-12H,8,13-15H2,1-2H3,(H,21,22);1H. The third-order valence-corrected chi connectivity index (χ3v) is 6.50. The number of aliphatic imine (C=N–C) groups is 1. The first-order valence-electron chi connectivity index (χ1n) is 8.37. The van der Waals surface area contributed by atoms with Crippen molar-refractivity contribution in [3.05, 3.63) is 64.6 Å². The van der Waals surface area contributed by atoms with E-state index in [4.69, 9.17) is 0 Å². The molecule has 0 aliphatic heterocycles. The van der Waals surface area contributed by atoms with Crippen LogP contribution < -0.4 is 5.32 Å². The zero-order valence-electron chi connectivity index (χ0n) is 15.4. The largest absolute Gasteiger partial charge is 0.356 e. The van der Waals surface area contributed by atoms with Crippen LogP contribution in [0.1, 0.15) is 12.0 Å². The van der Waals surface area contributed by atoms with Crippen molar-refractivity contribution >= 4 is 55.7 Å². The SMILES string of the molecule is CN=C(NCCCS(=O)(=O)c1ccccc1)N(C)Cc1ccccc1Br.I. The molecule has 0 radical (unpaired) electrons. The van der Waals surface area contributed by atoms with Crippen molar-refractivity contribution in [2.24, 2.45) is 4.99 Å². The van der Waals surface area contributed by atoms with Crippen LogP contribution in [0.3, 0.4) is 0 Å². The Morgan fingerprint density at radius 2 is 1.74 bits per heavy atom. The Morgan fingerprint density at radius 3 is 2.37 bits per heavy atom. The first-order chi connectivity index (χ1) is 12.4. The van der Waals surface area contributed by atoms with Crippen LogP contribution in [0.5, 0.6) is 0 Å². The van der Waals surface area contributed by atoms with Crippen molar-refractivity contribution in [2.45, 2.75) is 17.9 Å². The molecule has 0 atom stereocenters. The van der Waals surface area contributed by atoms with Crippen molar-refractivity contribution in [3.8, 4) is 0 Å². The molecule has 0 amide bonds. The summed E-state index contributed by atoms with van der Waals surface area (Å²) in [6.45, 7) is 1.24. The number of halogens is 2. The van der Waals surface area contributed by atoms with Crippen molar-refractivity contribution in [1.29, 1.82) is 0 Å². The minimum absolute atomic E-state index is 0. The number of benzene rings is 2. The van der Waals surface area contributed by atoms with E-state index in [-0.39, 0.29) is 29.7 Å².